The Morgan fingerprint density at radius 2 is 1.87 bits per heavy atom. The predicted octanol–water partition coefficient (Wildman–Crippen LogP) is 6.14. The lowest BCUT2D eigenvalue weighted by Gasteiger charge is -2.19. The zero-order valence-electron chi connectivity index (χ0n) is 15.1. The fourth-order valence-electron chi connectivity index (χ4n) is 2.43. The van der Waals surface area contributed by atoms with Gasteiger partial charge in [-0.3, -0.25) is 4.79 Å². The van der Waals surface area contributed by atoms with Crippen LogP contribution in [-0.2, 0) is 5.92 Å². The molecule has 3 aromatic rings. The Kier molecular flexibility index (Phi) is 7.03. The van der Waals surface area contributed by atoms with Gasteiger partial charge in [0.25, 0.3) is 17.7 Å². The van der Waals surface area contributed by atoms with Crippen molar-refractivity contribution in [2.45, 2.75) is 5.92 Å². The highest BCUT2D eigenvalue weighted by Crippen LogP contribution is 2.35. The van der Waals surface area contributed by atoms with Gasteiger partial charge in [0.15, 0.2) is 16.7 Å². The fourth-order valence-corrected chi connectivity index (χ4v) is 3.39. The molecule has 0 saturated carbocycles. The van der Waals surface area contributed by atoms with Crippen LogP contribution < -0.4 is 10.1 Å². The zero-order valence-corrected chi connectivity index (χ0v) is 18.2. The van der Waals surface area contributed by atoms with Gasteiger partial charge in [-0.2, -0.15) is 13.2 Å². The van der Waals surface area contributed by atoms with Crippen LogP contribution in [0.25, 0.3) is 0 Å². The van der Waals surface area contributed by atoms with Crippen molar-refractivity contribution in [3.63, 3.8) is 0 Å². The van der Waals surface area contributed by atoms with Crippen molar-refractivity contribution in [2.75, 3.05) is 6.54 Å². The first-order valence-corrected chi connectivity index (χ1v) is 9.90. The number of nitrogens with one attached hydrogen (secondary N) is 1. The Bertz CT molecular complexity index is 1150. The Balaban J connectivity index is 1.83. The Morgan fingerprint density at radius 3 is 2.58 bits per heavy atom. The predicted molar refractivity (Wildman–Crippen MR) is 109 cm³/mol. The maximum Gasteiger partial charge on any atom is 0.291 e. The molecule has 0 atom stereocenters. The third-order valence-electron chi connectivity index (χ3n) is 3.89. The van der Waals surface area contributed by atoms with Gasteiger partial charge in [-0.05, 0) is 30.3 Å². The van der Waals surface area contributed by atoms with Crippen molar-refractivity contribution in [3.8, 4) is 11.6 Å². The molecule has 0 aliphatic carbocycles. The van der Waals surface area contributed by atoms with E-state index in [9.17, 15) is 22.4 Å². The van der Waals surface area contributed by atoms with Gasteiger partial charge in [-0.25, -0.2) is 4.39 Å². The number of ether oxygens (including phenoxy) is 1. The van der Waals surface area contributed by atoms with E-state index in [4.69, 9.17) is 27.9 Å². The van der Waals surface area contributed by atoms with Gasteiger partial charge in [-0.1, -0.05) is 51.3 Å². The van der Waals surface area contributed by atoms with Gasteiger partial charge in [0.2, 0.25) is 5.82 Å². The van der Waals surface area contributed by atoms with E-state index in [1.165, 1.54) is 18.2 Å². The van der Waals surface area contributed by atoms with Crippen LogP contribution in [0.15, 0.2) is 46.9 Å². The largest absolute Gasteiger partial charge is 0.434 e. The Hall–Kier alpha value is -2.43. The molecule has 0 radical (unpaired) electrons. The number of alkyl halides is 2. The molecule has 31 heavy (non-hydrogen) atoms. The number of halogens is 7. The summed E-state index contributed by atoms with van der Waals surface area (Å²) in [5.41, 5.74) is -0.914. The molecule has 0 fully saturated rings. The first-order valence-electron chi connectivity index (χ1n) is 8.35. The van der Waals surface area contributed by atoms with Gasteiger partial charge >= 0.3 is 0 Å². The van der Waals surface area contributed by atoms with Gasteiger partial charge in [0, 0.05) is 10.0 Å². The van der Waals surface area contributed by atoms with Gasteiger partial charge < -0.3 is 10.1 Å². The van der Waals surface area contributed by atoms with Crippen molar-refractivity contribution < 1.29 is 27.1 Å². The first kappa shape index (κ1) is 23.2. The second-order valence-electron chi connectivity index (χ2n) is 6.05. The summed E-state index contributed by atoms with van der Waals surface area (Å²) in [5, 5.41) is 8.57. The minimum absolute atomic E-state index is 0.201. The van der Waals surface area contributed by atoms with E-state index in [1.807, 2.05) is 5.32 Å². The van der Waals surface area contributed by atoms with Crippen molar-refractivity contribution >= 4 is 45.0 Å². The summed E-state index contributed by atoms with van der Waals surface area (Å²) in [6.45, 7) is -1.12. The van der Waals surface area contributed by atoms with Gasteiger partial charge in [-0.15, -0.1) is 10.2 Å². The molecule has 0 aliphatic rings. The van der Waals surface area contributed by atoms with E-state index in [0.717, 1.165) is 24.3 Å². The van der Waals surface area contributed by atoms with Crippen molar-refractivity contribution in [1.29, 1.82) is 0 Å². The SMILES string of the molecule is O=C(NCC(F)(F)c1ccc(Br)cc1Cl)c1cc(Cl)nnc1Oc1cccc(F)c1F. The minimum Gasteiger partial charge on any atom is -0.434 e. The molecular weight excluding hydrogens is 529 g/mol. The topological polar surface area (TPSA) is 64.1 Å². The number of carbonyl (C=O) groups excluding carboxylic acids is 1. The van der Waals surface area contributed by atoms with Crippen LogP contribution >= 0.6 is 39.1 Å². The molecule has 3 rings (SSSR count). The normalized spacial score (nSPS) is 11.3. The van der Waals surface area contributed by atoms with E-state index in [-0.39, 0.29) is 10.2 Å². The van der Waals surface area contributed by atoms with E-state index in [0.29, 0.717) is 4.47 Å². The van der Waals surface area contributed by atoms with E-state index in [2.05, 4.69) is 26.1 Å². The molecule has 1 amide bonds. The molecule has 1 aromatic heterocycles. The highest BCUT2D eigenvalue weighted by Gasteiger charge is 2.35. The zero-order chi connectivity index (χ0) is 22.8. The number of aromatic nitrogens is 2. The molecule has 0 bridgehead atoms. The molecule has 2 aromatic carbocycles. The summed E-state index contributed by atoms with van der Waals surface area (Å²) in [6.07, 6.45) is 0. The van der Waals surface area contributed by atoms with Crippen LogP contribution in [0, 0.1) is 11.6 Å². The number of nitrogens with zero attached hydrogens (tertiary/aromatic N) is 2. The summed E-state index contributed by atoms with van der Waals surface area (Å²) in [5.74, 6) is -8.25. The summed E-state index contributed by atoms with van der Waals surface area (Å²) >= 11 is 14.7. The third kappa shape index (κ3) is 5.44. The number of hydrogen-bond acceptors (Lipinski definition) is 4. The van der Waals surface area contributed by atoms with Crippen LogP contribution in [0.4, 0.5) is 17.6 Å². The molecule has 5 nitrogen and oxygen atoms in total. The molecule has 0 spiro atoms. The molecule has 0 aliphatic heterocycles. The summed E-state index contributed by atoms with van der Waals surface area (Å²) in [4.78, 5) is 12.5. The standard InChI is InChI=1S/C19H10BrCl2F4N3O2/c20-9-4-5-11(12(21)6-9)19(25,26)8-27-17(30)10-7-15(22)28-29-18(10)31-14-3-1-2-13(23)16(14)24/h1-7H,8H2,(H,27,30). The van der Waals surface area contributed by atoms with Gasteiger partial charge in [0.1, 0.15) is 5.56 Å². The molecule has 0 unspecified atom stereocenters. The second kappa shape index (κ2) is 9.37. The number of carbonyl (C=O) groups is 1. The lowest BCUT2D eigenvalue weighted by molar-refractivity contribution is -0.00241. The average Bonchev–Trinajstić information content (AvgIpc) is 2.70. The Morgan fingerprint density at radius 1 is 1.13 bits per heavy atom. The highest BCUT2D eigenvalue weighted by molar-refractivity contribution is 9.10. The summed E-state index contributed by atoms with van der Waals surface area (Å²) in [7, 11) is 0. The van der Waals surface area contributed by atoms with Crippen LogP contribution in [0.5, 0.6) is 11.6 Å². The number of amides is 1. The molecule has 162 valence electrons. The van der Waals surface area contributed by atoms with Crippen LogP contribution in [-0.4, -0.2) is 22.6 Å². The maximum atomic E-state index is 14.6. The van der Waals surface area contributed by atoms with Gasteiger partial charge in [0.05, 0.1) is 11.6 Å². The molecule has 1 N–H and O–H groups in total. The fraction of sp³-hybridized carbons (Fsp3) is 0.105. The van der Waals surface area contributed by atoms with E-state index < -0.39 is 52.8 Å². The smallest absolute Gasteiger partial charge is 0.291 e. The highest BCUT2D eigenvalue weighted by atomic mass is 79.9. The molecule has 1 heterocycles. The second-order valence-corrected chi connectivity index (χ2v) is 7.76. The van der Waals surface area contributed by atoms with E-state index in [1.54, 1.807) is 0 Å². The summed E-state index contributed by atoms with van der Waals surface area (Å²) < 4.78 is 62.0. The summed E-state index contributed by atoms with van der Waals surface area (Å²) in [6, 6.07) is 7.88. The lowest BCUT2D eigenvalue weighted by atomic mass is 10.1. The first-order chi connectivity index (χ1) is 14.6. The molecule has 0 saturated heterocycles. The number of hydrogen-bond donors (Lipinski definition) is 1. The average molecular weight is 539 g/mol. The van der Waals surface area contributed by atoms with Crippen molar-refractivity contribution in [3.05, 3.63) is 79.9 Å². The molecule has 12 heteroatoms. The van der Waals surface area contributed by atoms with Crippen molar-refractivity contribution in [2.24, 2.45) is 0 Å². The van der Waals surface area contributed by atoms with E-state index >= 15 is 0 Å². The van der Waals surface area contributed by atoms with Crippen LogP contribution in [0.1, 0.15) is 15.9 Å². The van der Waals surface area contributed by atoms with Crippen LogP contribution in [0.2, 0.25) is 10.2 Å². The lowest BCUT2D eigenvalue weighted by Crippen LogP contribution is -2.35. The maximum absolute atomic E-state index is 14.6. The third-order valence-corrected chi connectivity index (χ3v) is 4.88. The quantitative estimate of drug-likeness (QED) is 0.383. The number of benzene rings is 2. The minimum atomic E-state index is -3.52. The monoisotopic (exact) mass is 537 g/mol. The van der Waals surface area contributed by atoms with Crippen LogP contribution in [0.3, 0.4) is 0 Å². The van der Waals surface area contributed by atoms with Crippen molar-refractivity contribution in [1.82, 2.24) is 15.5 Å². The Labute approximate surface area is 191 Å². The molecular formula is C19H10BrCl2F4N3O2. The number of rotatable bonds is 6.